The molecule has 0 aromatic heterocycles. The third kappa shape index (κ3) is 3.38. The lowest BCUT2D eigenvalue weighted by Crippen LogP contribution is -2.48. The van der Waals surface area contributed by atoms with Gasteiger partial charge >= 0.3 is 0 Å². The molecule has 0 saturated heterocycles. The average molecular weight is 180 g/mol. The highest BCUT2D eigenvalue weighted by Crippen LogP contribution is 2.19. The van der Waals surface area contributed by atoms with Gasteiger partial charge in [0, 0.05) is 12.1 Å². The first-order valence-corrected chi connectivity index (χ1v) is 5.04. The van der Waals surface area contributed by atoms with E-state index in [1.807, 2.05) is 13.8 Å². The molecule has 1 saturated carbocycles. The minimum atomic E-state index is -0.193. The highest BCUT2D eigenvalue weighted by molar-refractivity contribution is 5.08. The maximum atomic E-state index is 5.89. The molecule has 0 amide bonds. The molecule has 74 valence electrons. The Morgan fingerprint density at radius 1 is 1.46 bits per heavy atom. The summed E-state index contributed by atoms with van der Waals surface area (Å²) in [6.45, 7) is 4.07. The fraction of sp³-hybridized carbons (Fsp3) is 0.818. The van der Waals surface area contributed by atoms with Crippen LogP contribution in [0, 0.1) is 12.3 Å². The van der Waals surface area contributed by atoms with E-state index in [0.29, 0.717) is 12.1 Å². The highest BCUT2D eigenvalue weighted by Gasteiger charge is 2.24. The first kappa shape index (κ1) is 10.6. The highest BCUT2D eigenvalue weighted by atomic mass is 15.0. The van der Waals surface area contributed by atoms with Gasteiger partial charge in [-0.05, 0) is 33.1 Å². The summed E-state index contributed by atoms with van der Waals surface area (Å²) in [5.41, 5.74) is 5.70. The second-order valence-corrected chi connectivity index (χ2v) is 4.54. The number of nitrogens with one attached hydrogen (secondary N) is 1. The second-order valence-electron chi connectivity index (χ2n) is 4.54. The van der Waals surface area contributed by atoms with Crippen LogP contribution in [0.3, 0.4) is 0 Å². The smallest absolute Gasteiger partial charge is 0.0743 e. The molecule has 0 aliphatic heterocycles. The number of hydrogen-bond donors (Lipinski definition) is 2. The van der Waals surface area contributed by atoms with Crippen molar-refractivity contribution in [2.24, 2.45) is 5.73 Å². The van der Waals surface area contributed by atoms with Crippen molar-refractivity contribution in [1.82, 2.24) is 5.32 Å². The van der Waals surface area contributed by atoms with Crippen LogP contribution < -0.4 is 11.1 Å². The first-order valence-electron chi connectivity index (χ1n) is 5.04. The molecule has 1 aliphatic rings. The fourth-order valence-electron chi connectivity index (χ4n) is 1.91. The largest absolute Gasteiger partial charge is 0.328 e. The lowest BCUT2D eigenvalue weighted by Gasteiger charge is -2.32. The summed E-state index contributed by atoms with van der Waals surface area (Å²) in [6.07, 6.45) is 10.1. The Morgan fingerprint density at radius 3 is 2.69 bits per heavy atom. The van der Waals surface area contributed by atoms with Crippen molar-refractivity contribution in [2.75, 3.05) is 0 Å². The van der Waals surface area contributed by atoms with E-state index >= 15 is 0 Å². The zero-order chi connectivity index (χ0) is 9.90. The Labute approximate surface area is 81.3 Å². The van der Waals surface area contributed by atoms with E-state index in [4.69, 9.17) is 12.2 Å². The second kappa shape index (κ2) is 4.13. The quantitative estimate of drug-likeness (QED) is 0.628. The van der Waals surface area contributed by atoms with Gasteiger partial charge in [-0.2, -0.15) is 0 Å². The molecular formula is C11H20N2. The SMILES string of the molecule is C#CC(C)(C)NC1CCCC(N)C1. The molecule has 2 atom stereocenters. The first-order chi connectivity index (χ1) is 6.03. The summed E-state index contributed by atoms with van der Waals surface area (Å²) in [7, 11) is 0. The van der Waals surface area contributed by atoms with Gasteiger partial charge in [0.25, 0.3) is 0 Å². The van der Waals surface area contributed by atoms with Crippen molar-refractivity contribution < 1.29 is 0 Å². The van der Waals surface area contributed by atoms with Crippen LogP contribution in [0.15, 0.2) is 0 Å². The van der Waals surface area contributed by atoms with Gasteiger partial charge < -0.3 is 5.73 Å². The monoisotopic (exact) mass is 180 g/mol. The Balaban J connectivity index is 2.41. The van der Waals surface area contributed by atoms with Gasteiger partial charge in [-0.25, -0.2) is 0 Å². The standard InChI is InChI=1S/C11H20N2/c1-4-11(2,3)13-10-7-5-6-9(12)8-10/h1,9-10,13H,5-8,12H2,2-3H3. The number of terminal acetylenes is 1. The third-order valence-electron chi connectivity index (χ3n) is 2.64. The van der Waals surface area contributed by atoms with Crippen molar-refractivity contribution >= 4 is 0 Å². The van der Waals surface area contributed by atoms with Crippen LogP contribution in [0.2, 0.25) is 0 Å². The lowest BCUT2D eigenvalue weighted by molar-refractivity contribution is 0.299. The summed E-state index contributed by atoms with van der Waals surface area (Å²) in [5.74, 6) is 2.75. The zero-order valence-electron chi connectivity index (χ0n) is 8.64. The summed E-state index contributed by atoms with van der Waals surface area (Å²) in [4.78, 5) is 0. The lowest BCUT2D eigenvalue weighted by atomic mass is 9.90. The summed E-state index contributed by atoms with van der Waals surface area (Å²) in [6, 6.07) is 0.870. The Bertz CT molecular complexity index is 203. The fourth-order valence-corrected chi connectivity index (χ4v) is 1.91. The molecule has 2 nitrogen and oxygen atoms in total. The van der Waals surface area contributed by atoms with Crippen molar-refractivity contribution in [3.63, 3.8) is 0 Å². The molecule has 3 N–H and O–H groups in total. The minimum absolute atomic E-state index is 0.193. The molecular weight excluding hydrogens is 160 g/mol. The van der Waals surface area contributed by atoms with Crippen LogP contribution in [0.4, 0.5) is 0 Å². The molecule has 1 fully saturated rings. The average Bonchev–Trinajstić information content (AvgIpc) is 2.03. The van der Waals surface area contributed by atoms with E-state index in [1.54, 1.807) is 0 Å². The van der Waals surface area contributed by atoms with E-state index in [-0.39, 0.29) is 5.54 Å². The summed E-state index contributed by atoms with van der Waals surface area (Å²) in [5, 5.41) is 3.46. The third-order valence-corrected chi connectivity index (χ3v) is 2.64. The maximum absolute atomic E-state index is 5.89. The maximum Gasteiger partial charge on any atom is 0.0743 e. The summed E-state index contributed by atoms with van der Waals surface area (Å²) >= 11 is 0. The Morgan fingerprint density at radius 2 is 2.15 bits per heavy atom. The molecule has 0 heterocycles. The Kier molecular flexibility index (Phi) is 3.35. The number of hydrogen-bond acceptors (Lipinski definition) is 2. The van der Waals surface area contributed by atoms with Gasteiger partial charge in [-0.3, -0.25) is 5.32 Å². The Hall–Kier alpha value is -0.520. The van der Waals surface area contributed by atoms with E-state index in [0.717, 1.165) is 12.8 Å². The normalized spacial score (nSPS) is 29.7. The van der Waals surface area contributed by atoms with Gasteiger partial charge in [-0.1, -0.05) is 12.3 Å². The molecule has 0 bridgehead atoms. The van der Waals surface area contributed by atoms with Gasteiger partial charge in [0.05, 0.1) is 5.54 Å². The van der Waals surface area contributed by atoms with E-state index in [1.165, 1.54) is 12.8 Å². The van der Waals surface area contributed by atoms with E-state index < -0.39 is 0 Å². The van der Waals surface area contributed by atoms with Crippen LogP contribution in [-0.2, 0) is 0 Å². The summed E-state index contributed by atoms with van der Waals surface area (Å²) < 4.78 is 0. The molecule has 0 aromatic rings. The molecule has 2 heteroatoms. The van der Waals surface area contributed by atoms with Crippen molar-refractivity contribution in [2.45, 2.75) is 57.2 Å². The molecule has 13 heavy (non-hydrogen) atoms. The van der Waals surface area contributed by atoms with Crippen LogP contribution in [0.25, 0.3) is 0 Å². The molecule has 1 rings (SSSR count). The van der Waals surface area contributed by atoms with Crippen molar-refractivity contribution in [3.05, 3.63) is 0 Å². The van der Waals surface area contributed by atoms with Gasteiger partial charge in [0.1, 0.15) is 0 Å². The van der Waals surface area contributed by atoms with Crippen molar-refractivity contribution in [3.8, 4) is 12.3 Å². The van der Waals surface area contributed by atoms with Gasteiger partial charge in [0.2, 0.25) is 0 Å². The molecule has 0 spiro atoms. The predicted octanol–water partition coefficient (Wildman–Crippen LogP) is 1.26. The molecule has 1 aliphatic carbocycles. The predicted molar refractivity (Wildman–Crippen MR) is 56.3 cm³/mol. The minimum Gasteiger partial charge on any atom is -0.328 e. The van der Waals surface area contributed by atoms with E-state index in [2.05, 4.69) is 11.2 Å². The van der Waals surface area contributed by atoms with Gasteiger partial charge in [0.15, 0.2) is 0 Å². The van der Waals surface area contributed by atoms with Crippen LogP contribution in [0.5, 0.6) is 0 Å². The van der Waals surface area contributed by atoms with E-state index in [9.17, 15) is 0 Å². The zero-order valence-corrected chi connectivity index (χ0v) is 8.64. The molecule has 0 radical (unpaired) electrons. The molecule has 2 unspecified atom stereocenters. The molecule has 0 aromatic carbocycles. The van der Waals surface area contributed by atoms with Crippen LogP contribution in [0.1, 0.15) is 39.5 Å². The number of nitrogens with two attached hydrogens (primary N) is 1. The topological polar surface area (TPSA) is 38.0 Å². The van der Waals surface area contributed by atoms with Crippen LogP contribution >= 0.6 is 0 Å². The number of rotatable bonds is 2. The van der Waals surface area contributed by atoms with Crippen molar-refractivity contribution in [1.29, 1.82) is 0 Å². The van der Waals surface area contributed by atoms with Crippen LogP contribution in [-0.4, -0.2) is 17.6 Å². The van der Waals surface area contributed by atoms with Gasteiger partial charge in [-0.15, -0.1) is 6.42 Å².